The summed E-state index contributed by atoms with van der Waals surface area (Å²) in [6, 6.07) is 0.399. The highest BCUT2D eigenvalue weighted by atomic mass is 16.5. The van der Waals surface area contributed by atoms with E-state index in [1.807, 2.05) is 24.3 Å². The van der Waals surface area contributed by atoms with Crippen molar-refractivity contribution >= 4 is 5.82 Å². The van der Waals surface area contributed by atoms with Crippen LogP contribution in [0.15, 0.2) is 29.6 Å². The summed E-state index contributed by atoms with van der Waals surface area (Å²) in [6.07, 6.45) is 7.23. The monoisotopic (exact) mass is 360 g/mol. The Labute approximate surface area is 154 Å². The zero-order chi connectivity index (χ0) is 18.7. The molecule has 1 aliphatic rings. The van der Waals surface area contributed by atoms with Crippen molar-refractivity contribution in [1.82, 2.24) is 24.0 Å². The highest BCUT2D eigenvalue weighted by Crippen LogP contribution is 2.14. The van der Waals surface area contributed by atoms with E-state index in [1.54, 1.807) is 24.0 Å². The smallest absolute Gasteiger partial charge is 0.293 e. The molecule has 0 unspecified atom stereocenters. The van der Waals surface area contributed by atoms with Gasteiger partial charge in [-0.05, 0) is 13.8 Å². The number of aromatic nitrogens is 4. The first kappa shape index (κ1) is 18.6. The molecule has 8 heteroatoms. The Kier molecular flexibility index (Phi) is 5.73. The number of hydrogen-bond donors (Lipinski definition) is 0. The number of ether oxygens (including phenoxy) is 1. The Morgan fingerprint density at radius 3 is 2.85 bits per heavy atom. The lowest BCUT2D eigenvalue weighted by atomic mass is 10.2. The van der Waals surface area contributed by atoms with Gasteiger partial charge in [0.1, 0.15) is 5.82 Å². The normalized spacial score (nSPS) is 18.4. The van der Waals surface area contributed by atoms with Crippen molar-refractivity contribution in [2.75, 3.05) is 38.2 Å². The summed E-state index contributed by atoms with van der Waals surface area (Å²) in [5, 5.41) is 0. The van der Waals surface area contributed by atoms with Crippen LogP contribution in [0.3, 0.4) is 0 Å². The summed E-state index contributed by atoms with van der Waals surface area (Å²) in [7, 11) is 3.62. The summed E-state index contributed by atoms with van der Waals surface area (Å²) in [5.74, 6) is 1.53. The zero-order valence-corrected chi connectivity index (χ0v) is 16.0. The molecule has 3 rings (SSSR count). The highest BCUT2D eigenvalue weighted by Gasteiger charge is 2.24. The van der Waals surface area contributed by atoms with Gasteiger partial charge in [0.05, 0.1) is 19.3 Å². The number of rotatable bonds is 6. The number of morpholine rings is 1. The van der Waals surface area contributed by atoms with Gasteiger partial charge in [0.15, 0.2) is 5.82 Å². The molecule has 1 fully saturated rings. The minimum atomic E-state index is -0.0957. The fourth-order valence-corrected chi connectivity index (χ4v) is 3.31. The lowest BCUT2D eigenvalue weighted by Crippen LogP contribution is -2.47. The maximum Gasteiger partial charge on any atom is 0.293 e. The number of imidazole rings is 1. The lowest BCUT2D eigenvalue weighted by molar-refractivity contribution is -0.0276. The number of anilines is 1. The molecule has 0 radical (unpaired) electrons. The van der Waals surface area contributed by atoms with Crippen LogP contribution in [-0.2, 0) is 18.3 Å². The van der Waals surface area contributed by atoms with Crippen molar-refractivity contribution in [3.8, 4) is 0 Å². The van der Waals surface area contributed by atoms with Crippen molar-refractivity contribution < 1.29 is 4.74 Å². The van der Waals surface area contributed by atoms with E-state index in [0.717, 1.165) is 25.5 Å². The summed E-state index contributed by atoms with van der Waals surface area (Å²) < 4.78 is 9.66. The van der Waals surface area contributed by atoms with Crippen LogP contribution in [0.4, 0.5) is 5.82 Å². The first-order valence-corrected chi connectivity index (χ1v) is 9.04. The summed E-state index contributed by atoms with van der Waals surface area (Å²) in [5.41, 5.74) is -0.0957. The Bertz CT molecular complexity index is 784. The predicted molar refractivity (Wildman–Crippen MR) is 100 cm³/mol. The molecule has 0 spiro atoms. The molecule has 1 aliphatic heterocycles. The fraction of sp³-hybridized carbons (Fsp3) is 0.611. The Balaban J connectivity index is 1.62. The molecule has 0 N–H and O–H groups in total. The summed E-state index contributed by atoms with van der Waals surface area (Å²) in [4.78, 5) is 25.2. The van der Waals surface area contributed by atoms with Crippen LogP contribution in [0.2, 0.25) is 0 Å². The van der Waals surface area contributed by atoms with Gasteiger partial charge >= 0.3 is 0 Å². The Hall–Kier alpha value is -2.19. The molecule has 2 aromatic heterocycles. The molecule has 0 saturated carbocycles. The summed E-state index contributed by atoms with van der Waals surface area (Å²) >= 11 is 0. The van der Waals surface area contributed by atoms with E-state index in [2.05, 4.69) is 33.3 Å². The van der Waals surface area contributed by atoms with E-state index in [9.17, 15) is 4.79 Å². The number of nitrogens with zero attached hydrogens (tertiary/aromatic N) is 6. The number of likely N-dealkylation sites (N-methyl/N-ethyl adjacent to an activating group) is 1. The van der Waals surface area contributed by atoms with E-state index < -0.39 is 0 Å². The quantitative estimate of drug-likeness (QED) is 0.762. The van der Waals surface area contributed by atoms with Gasteiger partial charge in [-0.25, -0.2) is 9.97 Å². The van der Waals surface area contributed by atoms with E-state index in [4.69, 9.17) is 4.74 Å². The molecule has 0 aliphatic carbocycles. The minimum absolute atomic E-state index is 0.0305. The van der Waals surface area contributed by atoms with Crippen LogP contribution >= 0.6 is 0 Å². The van der Waals surface area contributed by atoms with Gasteiger partial charge in [-0.2, -0.15) is 0 Å². The number of aryl methyl sites for hydroxylation is 1. The maximum absolute atomic E-state index is 12.2. The average Bonchev–Trinajstić information content (AvgIpc) is 3.06. The van der Waals surface area contributed by atoms with E-state index in [1.165, 1.54) is 0 Å². The third kappa shape index (κ3) is 4.13. The minimum Gasteiger partial charge on any atom is -0.374 e. The average molecular weight is 360 g/mol. The molecule has 0 bridgehead atoms. The van der Waals surface area contributed by atoms with Crippen molar-refractivity contribution in [3.63, 3.8) is 0 Å². The highest BCUT2D eigenvalue weighted by molar-refractivity contribution is 5.34. The third-order valence-electron chi connectivity index (χ3n) is 4.73. The van der Waals surface area contributed by atoms with Gasteiger partial charge in [0.25, 0.3) is 5.56 Å². The largest absolute Gasteiger partial charge is 0.374 e. The molecule has 142 valence electrons. The van der Waals surface area contributed by atoms with Crippen LogP contribution in [-0.4, -0.2) is 63.4 Å². The summed E-state index contributed by atoms with van der Waals surface area (Å²) in [6.45, 7) is 8.13. The Morgan fingerprint density at radius 2 is 2.08 bits per heavy atom. The predicted octanol–water partition coefficient (Wildman–Crippen LogP) is 0.895. The third-order valence-corrected chi connectivity index (χ3v) is 4.73. The van der Waals surface area contributed by atoms with Gasteiger partial charge in [-0.3, -0.25) is 9.69 Å². The van der Waals surface area contributed by atoms with Crippen LogP contribution < -0.4 is 10.5 Å². The van der Waals surface area contributed by atoms with Crippen molar-refractivity contribution in [2.24, 2.45) is 7.05 Å². The zero-order valence-electron chi connectivity index (χ0n) is 16.0. The van der Waals surface area contributed by atoms with E-state index in [0.29, 0.717) is 25.0 Å². The van der Waals surface area contributed by atoms with Crippen LogP contribution in [0.1, 0.15) is 25.7 Å². The Morgan fingerprint density at radius 1 is 1.31 bits per heavy atom. The second kappa shape index (κ2) is 8.01. The first-order valence-electron chi connectivity index (χ1n) is 9.04. The molecule has 2 aromatic rings. The second-order valence-electron chi connectivity index (χ2n) is 7.12. The van der Waals surface area contributed by atoms with Crippen LogP contribution in [0.5, 0.6) is 0 Å². The molecule has 3 heterocycles. The maximum atomic E-state index is 12.2. The molecular weight excluding hydrogens is 332 g/mol. The van der Waals surface area contributed by atoms with Crippen molar-refractivity contribution in [2.45, 2.75) is 32.5 Å². The second-order valence-corrected chi connectivity index (χ2v) is 7.12. The molecule has 1 saturated heterocycles. The molecule has 0 amide bonds. The van der Waals surface area contributed by atoms with Crippen LogP contribution in [0, 0.1) is 0 Å². The van der Waals surface area contributed by atoms with E-state index >= 15 is 0 Å². The number of hydrogen-bond acceptors (Lipinski definition) is 6. The molecular formula is C18H28N6O2. The van der Waals surface area contributed by atoms with Gasteiger partial charge in [0, 0.05) is 64.6 Å². The first-order chi connectivity index (χ1) is 12.5. The van der Waals surface area contributed by atoms with Gasteiger partial charge < -0.3 is 18.8 Å². The molecule has 8 nitrogen and oxygen atoms in total. The van der Waals surface area contributed by atoms with Crippen LogP contribution in [0.25, 0.3) is 0 Å². The van der Waals surface area contributed by atoms with E-state index in [-0.39, 0.29) is 11.7 Å². The van der Waals surface area contributed by atoms with Gasteiger partial charge in [-0.15, -0.1) is 0 Å². The van der Waals surface area contributed by atoms with Crippen molar-refractivity contribution in [3.05, 3.63) is 41.0 Å². The molecule has 1 atom stereocenters. The standard InChI is InChI=1S/C18H28N6O2/c1-14(2)24-8-6-19-16(24)13-23-9-10-26-15(12-23)11-22(4)17-18(25)21(3)7-5-20-17/h5-8,14-15H,9-13H2,1-4H3/t15-/m0/s1. The van der Waals surface area contributed by atoms with Gasteiger partial charge in [-0.1, -0.05) is 0 Å². The topological polar surface area (TPSA) is 68.4 Å². The molecule has 26 heavy (non-hydrogen) atoms. The fourth-order valence-electron chi connectivity index (χ4n) is 3.31. The SMILES string of the molecule is CC(C)n1ccnc1CN1CCO[C@@H](CN(C)c2nccn(C)c2=O)C1. The van der Waals surface area contributed by atoms with Gasteiger partial charge in [0.2, 0.25) is 0 Å². The lowest BCUT2D eigenvalue weighted by Gasteiger charge is -2.34. The van der Waals surface area contributed by atoms with Crippen molar-refractivity contribution in [1.29, 1.82) is 0 Å². The molecule has 0 aromatic carbocycles.